The van der Waals surface area contributed by atoms with Crippen LogP contribution in [0.25, 0.3) is 87.3 Å². The molecule has 67 heavy (non-hydrogen) atoms. The summed E-state index contributed by atoms with van der Waals surface area (Å²) in [6.07, 6.45) is 0. The first-order valence-corrected chi connectivity index (χ1v) is 22.9. The number of hydrogen-bond acceptors (Lipinski definition) is 3. The molecule has 3 heteroatoms. The Morgan fingerprint density at radius 1 is 0.224 bits per heavy atom. The summed E-state index contributed by atoms with van der Waals surface area (Å²) in [5.74, 6) is 0. The van der Waals surface area contributed by atoms with E-state index in [1.807, 2.05) is 0 Å². The van der Waals surface area contributed by atoms with Crippen LogP contribution in [-0.4, -0.2) is 0 Å². The number of anilines is 6. The predicted molar refractivity (Wildman–Crippen MR) is 284 cm³/mol. The van der Waals surface area contributed by atoms with Gasteiger partial charge < -0.3 is 14.2 Å². The van der Waals surface area contributed by atoms with E-state index in [1.165, 1.54) is 43.1 Å². The number of hydrogen-bond donors (Lipinski definition) is 0. The molecular formula is C64H42N2O. The number of benzene rings is 12. The third-order valence-electron chi connectivity index (χ3n) is 13.4. The SMILES string of the molecule is c1ccc2c(N(c3ccc(-c4cccc5c4oc4c(-c6ccc(N(c7cccc8ccccc78)c7cccc8ccccc78)cc6)cccc45)cc3)c3cccc4ccccc34)cccc2c1. The van der Waals surface area contributed by atoms with Crippen LogP contribution in [0.15, 0.2) is 259 Å². The Morgan fingerprint density at radius 3 is 0.821 bits per heavy atom. The van der Waals surface area contributed by atoms with Crippen molar-refractivity contribution >= 4 is 99.2 Å². The summed E-state index contributed by atoms with van der Waals surface area (Å²) in [6.45, 7) is 0. The number of nitrogens with zero attached hydrogens (tertiary/aromatic N) is 2. The molecule has 1 heterocycles. The van der Waals surface area contributed by atoms with Crippen LogP contribution in [0.2, 0.25) is 0 Å². The zero-order valence-corrected chi connectivity index (χ0v) is 36.6. The monoisotopic (exact) mass is 854 g/mol. The fraction of sp³-hybridized carbons (Fsp3) is 0. The van der Waals surface area contributed by atoms with Gasteiger partial charge in [-0.15, -0.1) is 0 Å². The van der Waals surface area contributed by atoms with Crippen molar-refractivity contribution in [3.8, 4) is 22.3 Å². The Bertz CT molecular complexity index is 3560. The highest BCUT2D eigenvalue weighted by Gasteiger charge is 2.21. The number of rotatable bonds is 8. The van der Waals surface area contributed by atoms with E-state index in [2.05, 4.69) is 265 Å². The number of para-hydroxylation sites is 2. The van der Waals surface area contributed by atoms with Gasteiger partial charge in [-0.3, -0.25) is 0 Å². The van der Waals surface area contributed by atoms with E-state index in [-0.39, 0.29) is 0 Å². The summed E-state index contributed by atoms with van der Waals surface area (Å²) in [4.78, 5) is 4.80. The molecule has 314 valence electrons. The molecule has 0 amide bonds. The van der Waals surface area contributed by atoms with Crippen molar-refractivity contribution in [3.05, 3.63) is 255 Å². The van der Waals surface area contributed by atoms with Gasteiger partial charge in [-0.2, -0.15) is 0 Å². The summed E-state index contributed by atoms with van der Waals surface area (Å²) < 4.78 is 7.03. The molecule has 0 aliphatic rings. The van der Waals surface area contributed by atoms with E-state index < -0.39 is 0 Å². The molecule has 3 nitrogen and oxygen atoms in total. The van der Waals surface area contributed by atoms with Gasteiger partial charge >= 0.3 is 0 Å². The third-order valence-corrected chi connectivity index (χ3v) is 13.4. The first-order chi connectivity index (χ1) is 33.2. The molecule has 0 spiro atoms. The third kappa shape index (κ3) is 6.51. The zero-order chi connectivity index (χ0) is 44.3. The Labute approximate surface area is 388 Å². The second-order valence-electron chi connectivity index (χ2n) is 17.2. The second-order valence-corrected chi connectivity index (χ2v) is 17.2. The lowest BCUT2D eigenvalue weighted by atomic mass is 9.99. The van der Waals surface area contributed by atoms with Crippen LogP contribution in [0.5, 0.6) is 0 Å². The van der Waals surface area contributed by atoms with Gasteiger partial charge in [0.05, 0.1) is 22.7 Å². The Balaban J connectivity index is 0.901. The van der Waals surface area contributed by atoms with Gasteiger partial charge in [0.2, 0.25) is 0 Å². The van der Waals surface area contributed by atoms with Gasteiger partial charge in [0, 0.05) is 54.8 Å². The molecule has 0 radical (unpaired) electrons. The van der Waals surface area contributed by atoms with E-state index in [4.69, 9.17) is 4.42 Å². The van der Waals surface area contributed by atoms with Gasteiger partial charge in [-0.05, 0) is 81.2 Å². The smallest absolute Gasteiger partial charge is 0.143 e. The first-order valence-electron chi connectivity index (χ1n) is 22.9. The van der Waals surface area contributed by atoms with E-state index in [0.717, 1.165) is 78.3 Å². The van der Waals surface area contributed by atoms with Crippen LogP contribution in [-0.2, 0) is 0 Å². The van der Waals surface area contributed by atoms with E-state index in [9.17, 15) is 0 Å². The van der Waals surface area contributed by atoms with Crippen molar-refractivity contribution < 1.29 is 4.42 Å². The molecule has 0 aliphatic carbocycles. The highest BCUT2D eigenvalue weighted by atomic mass is 16.3. The molecule has 1 aromatic heterocycles. The Kier molecular flexibility index (Phi) is 9.17. The molecule has 0 unspecified atom stereocenters. The summed E-state index contributed by atoms with van der Waals surface area (Å²) in [6, 6.07) is 91.7. The van der Waals surface area contributed by atoms with Crippen molar-refractivity contribution in [1.29, 1.82) is 0 Å². The summed E-state index contributed by atoms with van der Waals surface area (Å²) in [7, 11) is 0. The molecule has 0 atom stereocenters. The summed E-state index contributed by atoms with van der Waals surface area (Å²) in [5.41, 5.74) is 12.8. The molecule has 12 aromatic carbocycles. The maximum Gasteiger partial charge on any atom is 0.143 e. The van der Waals surface area contributed by atoms with Crippen LogP contribution in [0.1, 0.15) is 0 Å². The summed E-state index contributed by atoms with van der Waals surface area (Å²) >= 11 is 0. The van der Waals surface area contributed by atoms with Crippen LogP contribution >= 0.6 is 0 Å². The standard InChI is InChI=1S/C64H42N2O/c1-5-23-51-43(15-1)19-9-31-59(51)65(60-32-10-20-44-16-2-6-24-52(44)60)49-39-35-47(36-40-49)55-27-13-29-57-58-30-14-28-56(64(58)67-63(55)57)48-37-41-50(42-38-48)66(61-33-11-21-45-17-3-7-25-53(45)61)62-34-12-22-46-18-4-8-26-54(46)62/h1-42H. The maximum atomic E-state index is 7.03. The summed E-state index contributed by atoms with van der Waals surface area (Å²) in [5, 5.41) is 11.8. The first kappa shape index (κ1) is 38.5. The van der Waals surface area contributed by atoms with Crippen molar-refractivity contribution in [2.75, 3.05) is 9.80 Å². The molecule has 13 rings (SSSR count). The lowest BCUT2D eigenvalue weighted by molar-refractivity contribution is 0.671. The Hall–Kier alpha value is -8.92. The van der Waals surface area contributed by atoms with Crippen LogP contribution < -0.4 is 9.80 Å². The molecule has 0 fully saturated rings. The van der Waals surface area contributed by atoms with Gasteiger partial charge in [0.25, 0.3) is 0 Å². The maximum absolute atomic E-state index is 7.03. The minimum absolute atomic E-state index is 0.882. The molecule has 0 aliphatic heterocycles. The highest BCUT2D eigenvalue weighted by molar-refractivity contribution is 6.13. The van der Waals surface area contributed by atoms with E-state index >= 15 is 0 Å². The predicted octanol–water partition coefficient (Wildman–Crippen LogP) is 18.5. The van der Waals surface area contributed by atoms with Crippen molar-refractivity contribution in [3.63, 3.8) is 0 Å². The molecule has 0 saturated carbocycles. The minimum Gasteiger partial charge on any atom is -0.455 e. The lowest BCUT2D eigenvalue weighted by Crippen LogP contribution is -2.11. The van der Waals surface area contributed by atoms with Gasteiger partial charge in [-0.25, -0.2) is 0 Å². The van der Waals surface area contributed by atoms with Gasteiger partial charge in [0.15, 0.2) is 0 Å². The molecule has 0 bridgehead atoms. The van der Waals surface area contributed by atoms with Crippen LogP contribution in [0, 0.1) is 0 Å². The minimum atomic E-state index is 0.882. The zero-order valence-electron chi connectivity index (χ0n) is 36.6. The second kappa shape index (κ2) is 16.0. The van der Waals surface area contributed by atoms with Gasteiger partial charge in [0.1, 0.15) is 11.2 Å². The van der Waals surface area contributed by atoms with E-state index in [0.29, 0.717) is 0 Å². The number of fused-ring (bicyclic) bond motifs is 7. The molecule has 0 saturated heterocycles. The highest BCUT2D eigenvalue weighted by Crippen LogP contribution is 2.46. The van der Waals surface area contributed by atoms with Gasteiger partial charge in [-0.1, -0.05) is 206 Å². The van der Waals surface area contributed by atoms with Crippen LogP contribution in [0.4, 0.5) is 34.1 Å². The molecule has 0 N–H and O–H groups in total. The fourth-order valence-electron chi connectivity index (χ4n) is 10.3. The van der Waals surface area contributed by atoms with Crippen LogP contribution in [0.3, 0.4) is 0 Å². The quantitative estimate of drug-likeness (QED) is 0.152. The van der Waals surface area contributed by atoms with Crippen molar-refractivity contribution in [1.82, 2.24) is 0 Å². The lowest BCUT2D eigenvalue weighted by Gasteiger charge is -2.28. The normalized spacial score (nSPS) is 11.6. The molecule has 13 aromatic rings. The largest absolute Gasteiger partial charge is 0.455 e. The number of furan rings is 1. The average Bonchev–Trinajstić information content (AvgIpc) is 3.79. The topological polar surface area (TPSA) is 19.6 Å². The van der Waals surface area contributed by atoms with E-state index in [1.54, 1.807) is 0 Å². The van der Waals surface area contributed by atoms with Crippen molar-refractivity contribution in [2.45, 2.75) is 0 Å². The fourth-order valence-corrected chi connectivity index (χ4v) is 10.3. The molecular weight excluding hydrogens is 813 g/mol. The average molecular weight is 855 g/mol. The Morgan fingerprint density at radius 2 is 0.493 bits per heavy atom. The van der Waals surface area contributed by atoms with Crippen molar-refractivity contribution in [2.24, 2.45) is 0 Å².